The molecule has 1 atom stereocenters. The van der Waals surface area contributed by atoms with Gasteiger partial charge in [0.1, 0.15) is 0 Å². The van der Waals surface area contributed by atoms with Crippen LogP contribution in [0.5, 0.6) is 5.75 Å². The first-order valence-electron chi connectivity index (χ1n) is 6.60. The van der Waals surface area contributed by atoms with Crippen molar-refractivity contribution in [1.29, 1.82) is 0 Å². The lowest BCUT2D eigenvalue weighted by Gasteiger charge is -2.16. The first kappa shape index (κ1) is 14.9. The van der Waals surface area contributed by atoms with Crippen LogP contribution in [0.2, 0.25) is 0 Å². The van der Waals surface area contributed by atoms with Gasteiger partial charge in [-0.2, -0.15) is 0 Å². The Kier molecular flexibility index (Phi) is 4.37. The molecule has 1 fully saturated rings. The number of nitrogens with two attached hydrogens (primary N) is 1. The fraction of sp³-hybridized carbons (Fsp3) is 0.538. The minimum atomic E-state index is -2.97. The largest absolute Gasteiger partial charge is 0.490 e. The summed E-state index contributed by atoms with van der Waals surface area (Å²) in [5.74, 6) is -0.134. The monoisotopic (exact) mass is 302 g/mol. The van der Waals surface area contributed by atoms with Crippen molar-refractivity contribution in [2.45, 2.75) is 25.8 Å². The quantitative estimate of drug-likeness (QED) is 0.811. The molecule has 0 aliphatic carbocycles. The summed E-state index contributed by atoms with van der Waals surface area (Å²) in [6.07, 6.45) is 1.30. The zero-order valence-corrected chi connectivity index (χ0v) is 12.2. The molecule has 2 rings (SSSR count). The number of benzene rings is 1. The lowest BCUT2D eigenvalue weighted by Crippen LogP contribution is -2.21. The van der Waals surface area contributed by atoms with Crippen LogP contribution in [-0.2, 0) is 9.84 Å². The normalized spacial score (nSPS) is 20.8. The van der Waals surface area contributed by atoms with Gasteiger partial charge in [0.2, 0.25) is 0 Å². The van der Waals surface area contributed by atoms with Gasteiger partial charge in [-0.25, -0.2) is 12.8 Å². The van der Waals surface area contributed by atoms with Crippen molar-refractivity contribution in [2.24, 2.45) is 0 Å². The number of nitrogens with one attached hydrogen (secondary N) is 1. The number of hydrogen-bond acceptors (Lipinski definition) is 5. The summed E-state index contributed by atoms with van der Waals surface area (Å²) >= 11 is 0. The molecule has 3 N–H and O–H groups in total. The van der Waals surface area contributed by atoms with Crippen molar-refractivity contribution >= 4 is 21.2 Å². The molecule has 112 valence electrons. The smallest absolute Gasteiger partial charge is 0.167 e. The van der Waals surface area contributed by atoms with Crippen LogP contribution in [-0.4, -0.2) is 32.6 Å². The highest BCUT2D eigenvalue weighted by atomic mass is 32.2. The highest BCUT2D eigenvalue weighted by Gasteiger charge is 2.28. The molecule has 0 radical (unpaired) electrons. The van der Waals surface area contributed by atoms with E-state index in [4.69, 9.17) is 10.5 Å². The second kappa shape index (κ2) is 5.87. The first-order valence-corrected chi connectivity index (χ1v) is 8.42. The fourth-order valence-electron chi connectivity index (χ4n) is 2.15. The van der Waals surface area contributed by atoms with Crippen molar-refractivity contribution in [3.8, 4) is 5.75 Å². The SMILES string of the molecule is CCCOc1cc(NC2CCS(=O)(=O)C2)c(N)cc1F. The molecule has 1 aromatic carbocycles. The van der Waals surface area contributed by atoms with Crippen LogP contribution in [0.3, 0.4) is 0 Å². The first-order chi connectivity index (χ1) is 9.41. The molecule has 1 heterocycles. The van der Waals surface area contributed by atoms with Crippen LogP contribution in [0.4, 0.5) is 15.8 Å². The molecular weight excluding hydrogens is 283 g/mol. The summed E-state index contributed by atoms with van der Waals surface area (Å²) in [5, 5.41) is 3.06. The highest BCUT2D eigenvalue weighted by Crippen LogP contribution is 2.30. The molecule has 20 heavy (non-hydrogen) atoms. The maximum absolute atomic E-state index is 13.7. The molecule has 0 amide bonds. The molecule has 0 bridgehead atoms. The topological polar surface area (TPSA) is 81.4 Å². The van der Waals surface area contributed by atoms with Gasteiger partial charge in [0.05, 0.1) is 29.5 Å². The van der Waals surface area contributed by atoms with Gasteiger partial charge in [0.25, 0.3) is 0 Å². The molecular formula is C13H19FN2O3S. The van der Waals surface area contributed by atoms with Crippen molar-refractivity contribution in [3.63, 3.8) is 0 Å². The fourth-order valence-corrected chi connectivity index (χ4v) is 3.82. The number of ether oxygens (including phenoxy) is 1. The molecule has 1 aliphatic heterocycles. The molecule has 1 saturated heterocycles. The van der Waals surface area contributed by atoms with Crippen molar-refractivity contribution in [3.05, 3.63) is 17.9 Å². The van der Waals surface area contributed by atoms with Crippen molar-refractivity contribution in [2.75, 3.05) is 29.2 Å². The molecule has 5 nitrogen and oxygen atoms in total. The molecule has 0 spiro atoms. The Morgan fingerprint density at radius 2 is 2.25 bits per heavy atom. The van der Waals surface area contributed by atoms with Gasteiger partial charge in [-0.1, -0.05) is 6.92 Å². The third kappa shape index (κ3) is 3.53. The molecule has 7 heteroatoms. The minimum Gasteiger partial charge on any atom is -0.490 e. The number of rotatable bonds is 5. The van der Waals surface area contributed by atoms with E-state index >= 15 is 0 Å². The predicted molar refractivity (Wildman–Crippen MR) is 77.3 cm³/mol. The Bertz CT molecular complexity index is 590. The number of hydrogen-bond donors (Lipinski definition) is 2. The van der Waals surface area contributed by atoms with Crippen LogP contribution in [0.25, 0.3) is 0 Å². The van der Waals surface area contributed by atoms with E-state index in [0.717, 1.165) is 6.42 Å². The second-order valence-electron chi connectivity index (χ2n) is 4.96. The zero-order valence-electron chi connectivity index (χ0n) is 11.4. The molecule has 1 aliphatic rings. The van der Waals surface area contributed by atoms with Crippen LogP contribution in [0, 0.1) is 5.82 Å². The average Bonchev–Trinajstić information content (AvgIpc) is 2.71. The summed E-state index contributed by atoms with van der Waals surface area (Å²) in [5.41, 5.74) is 6.52. The highest BCUT2D eigenvalue weighted by molar-refractivity contribution is 7.91. The summed E-state index contributed by atoms with van der Waals surface area (Å²) in [6, 6.07) is 2.49. The standard InChI is InChI=1S/C13H19FN2O3S/c1-2-4-19-13-7-12(11(15)6-10(13)14)16-9-3-5-20(17,18)8-9/h6-7,9,16H,2-5,8,15H2,1H3. The number of sulfone groups is 1. The second-order valence-corrected chi connectivity index (χ2v) is 7.19. The van der Waals surface area contributed by atoms with Crippen LogP contribution >= 0.6 is 0 Å². The van der Waals surface area contributed by atoms with Gasteiger partial charge in [-0.15, -0.1) is 0 Å². The predicted octanol–water partition coefficient (Wildman–Crippen LogP) is 1.80. The van der Waals surface area contributed by atoms with Crippen LogP contribution < -0.4 is 15.8 Å². The lowest BCUT2D eigenvalue weighted by atomic mass is 10.2. The van der Waals surface area contributed by atoms with E-state index in [1.807, 2.05) is 6.92 Å². The summed E-state index contributed by atoms with van der Waals surface area (Å²) in [6.45, 7) is 2.34. The Hall–Kier alpha value is -1.50. The lowest BCUT2D eigenvalue weighted by molar-refractivity contribution is 0.301. The summed E-state index contributed by atoms with van der Waals surface area (Å²) in [7, 11) is -2.97. The Labute approximate surface area is 118 Å². The van der Waals surface area contributed by atoms with Gasteiger partial charge in [-0.05, 0) is 12.8 Å². The van der Waals surface area contributed by atoms with E-state index in [1.54, 1.807) is 0 Å². The van der Waals surface area contributed by atoms with Gasteiger partial charge in [0.15, 0.2) is 21.4 Å². The minimum absolute atomic E-state index is 0.0783. The van der Waals surface area contributed by atoms with E-state index in [2.05, 4.69) is 5.32 Å². The van der Waals surface area contributed by atoms with Gasteiger partial charge in [-0.3, -0.25) is 0 Å². The maximum atomic E-state index is 13.7. The molecule has 0 saturated carbocycles. The van der Waals surface area contributed by atoms with Gasteiger partial charge >= 0.3 is 0 Å². The van der Waals surface area contributed by atoms with Crippen molar-refractivity contribution in [1.82, 2.24) is 0 Å². The number of nitrogen functional groups attached to an aromatic ring is 1. The number of anilines is 2. The van der Waals surface area contributed by atoms with Crippen molar-refractivity contribution < 1.29 is 17.5 Å². The van der Waals surface area contributed by atoms with E-state index in [9.17, 15) is 12.8 Å². The van der Waals surface area contributed by atoms with Gasteiger partial charge in [0, 0.05) is 18.2 Å². The van der Waals surface area contributed by atoms with Crippen LogP contribution in [0.1, 0.15) is 19.8 Å². The number of halogens is 1. The van der Waals surface area contributed by atoms with E-state index in [1.165, 1.54) is 12.1 Å². The average molecular weight is 302 g/mol. The third-order valence-corrected chi connectivity index (χ3v) is 4.93. The summed E-state index contributed by atoms with van der Waals surface area (Å²) in [4.78, 5) is 0. The molecule has 1 aromatic rings. The van der Waals surface area contributed by atoms with Gasteiger partial charge < -0.3 is 15.8 Å². The Balaban J connectivity index is 2.15. The third-order valence-electron chi connectivity index (χ3n) is 3.16. The van der Waals surface area contributed by atoms with E-state index < -0.39 is 15.7 Å². The van der Waals surface area contributed by atoms with E-state index in [-0.39, 0.29) is 29.0 Å². The molecule has 1 unspecified atom stereocenters. The molecule has 0 aromatic heterocycles. The summed E-state index contributed by atoms with van der Waals surface area (Å²) < 4.78 is 41.8. The Morgan fingerprint density at radius 1 is 1.50 bits per heavy atom. The van der Waals surface area contributed by atoms with Crippen LogP contribution in [0.15, 0.2) is 12.1 Å². The van der Waals surface area contributed by atoms with E-state index in [0.29, 0.717) is 18.7 Å². The zero-order chi connectivity index (χ0) is 14.8. The Morgan fingerprint density at radius 3 is 2.85 bits per heavy atom. The maximum Gasteiger partial charge on any atom is 0.167 e.